The zero-order chi connectivity index (χ0) is 14.1. The van der Waals surface area contributed by atoms with Crippen molar-refractivity contribution in [2.24, 2.45) is 12.8 Å². The Labute approximate surface area is 118 Å². The number of benzene rings is 1. The fraction of sp³-hybridized carbons (Fsp3) is 0.333. The molecule has 1 aromatic heterocycles. The van der Waals surface area contributed by atoms with Gasteiger partial charge < -0.3 is 15.2 Å². The lowest BCUT2D eigenvalue weighted by Gasteiger charge is -2.34. The summed E-state index contributed by atoms with van der Waals surface area (Å²) in [5.41, 5.74) is 10.3. The molecule has 102 valence electrons. The van der Waals surface area contributed by atoms with E-state index in [2.05, 4.69) is 16.0 Å². The minimum Gasteiger partial charge on any atom is -0.364 e. The van der Waals surface area contributed by atoms with Crippen LogP contribution >= 0.6 is 0 Å². The number of imidazole rings is 1. The van der Waals surface area contributed by atoms with Crippen LogP contribution in [0, 0.1) is 11.3 Å². The monoisotopic (exact) mass is 267 g/mol. The Kier molecular flexibility index (Phi) is 3.17. The van der Waals surface area contributed by atoms with Crippen molar-refractivity contribution in [2.45, 2.75) is 19.0 Å². The Morgan fingerprint density at radius 1 is 1.50 bits per heavy atom. The third kappa shape index (κ3) is 2.26. The Hall–Kier alpha value is -2.32. The molecule has 1 aliphatic heterocycles. The van der Waals surface area contributed by atoms with Gasteiger partial charge in [0.1, 0.15) is 0 Å². The molecule has 20 heavy (non-hydrogen) atoms. The zero-order valence-electron chi connectivity index (χ0n) is 11.5. The van der Waals surface area contributed by atoms with Crippen LogP contribution in [0.15, 0.2) is 30.7 Å². The Balaban J connectivity index is 1.94. The lowest BCUT2D eigenvalue weighted by Crippen LogP contribution is -2.43. The van der Waals surface area contributed by atoms with E-state index in [1.807, 2.05) is 36.0 Å². The van der Waals surface area contributed by atoms with Crippen LogP contribution in [-0.4, -0.2) is 22.1 Å². The third-order valence-corrected chi connectivity index (χ3v) is 3.76. The molecule has 0 radical (unpaired) electrons. The summed E-state index contributed by atoms with van der Waals surface area (Å²) in [5.74, 6) is 0. The number of fused-ring (bicyclic) bond motifs is 1. The fourth-order valence-corrected chi connectivity index (χ4v) is 2.74. The van der Waals surface area contributed by atoms with E-state index in [0.717, 1.165) is 30.8 Å². The molecule has 0 fully saturated rings. The van der Waals surface area contributed by atoms with Gasteiger partial charge in [-0.05, 0) is 30.2 Å². The van der Waals surface area contributed by atoms with E-state index in [-0.39, 0.29) is 6.04 Å². The Morgan fingerprint density at radius 3 is 3.05 bits per heavy atom. The molecule has 0 bridgehead atoms. The lowest BCUT2D eigenvalue weighted by atomic mass is 9.96. The smallest absolute Gasteiger partial charge is 0.0991 e. The van der Waals surface area contributed by atoms with E-state index in [4.69, 9.17) is 11.0 Å². The second-order valence-corrected chi connectivity index (χ2v) is 5.30. The number of anilines is 1. The van der Waals surface area contributed by atoms with E-state index >= 15 is 0 Å². The van der Waals surface area contributed by atoms with Crippen molar-refractivity contribution in [3.63, 3.8) is 0 Å². The van der Waals surface area contributed by atoms with Crippen LogP contribution in [0.1, 0.15) is 16.8 Å². The van der Waals surface area contributed by atoms with Gasteiger partial charge in [0.15, 0.2) is 0 Å². The molecule has 0 saturated heterocycles. The summed E-state index contributed by atoms with van der Waals surface area (Å²) in [6, 6.07) is 8.13. The highest BCUT2D eigenvalue weighted by molar-refractivity contribution is 5.59. The SMILES string of the molecule is Cn1cncc1CN1CC(N)Cc2cc(C#N)ccc21. The number of nitriles is 1. The summed E-state index contributed by atoms with van der Waals surface area (Å²) in [6.45, 7) is 1.60. The van der Waals surface area contributed by atoms with Gasteiger partial charge in [0.05, 0.1) is 30.2 Å². The molecule has 1 atom stereocenters. The van der Waals surface area contributed by atoms with Crippen molar-refractivity contribution in [1.29, 1.82) is 5.26 Å². The number of hydrogen-bond acceptors (Lipinski definition) is 4. The van der Waals surface area contributed by atoms with E-state index in [0.29, 0.717) is 5.56 Å². The standard InChI is InChI=1S/C15H17N5/c1-19-10-18-7-14(19)9-20-8-13(17)5-12-4-11(6-16)2-3-15(12)20/h2-4,7,10,13H,5,8-9,17H2,1H3. The third-order valence-electron chi connectivity index (χ3n) is 3.76. The largest absolute Gasteiger partial charge is 0.364 e. The van der Waals surface area contributed by atoms with Crippen LogP contribution in [0.25, 0.3) is 0 Å². The van der Waals surface area contributed by atoms with Crippen molar-refractivity contribution >= 4 is 5.69 Å². The normalized spacial score (nSPS) is 17.6. The molecule has 5 nitrogen and oxygen atoms in total. The Morgan fingerprint density at radius 2 is 2.35 bits per heavy atom. The predicted molar refractivity (Wildman–Crippen MR) is 77.1 cm³/mol. The van der Waals surface area contributed by atoms with Gasteiger partial charge in [-0.25, -0.2) is 4.98 Å². The molecule has 1 unspecified atom stereocenters. The lowest BCUT2D eigenvalue weighted by molar-refractivity contribution is 0.590. The topological polar surface area (TPSA) is 70.9 Å². The first-order chi connectivity index (χ1) is 9.67. The van der Waals surface area contributed by atoms with Gasteiger partial charge in [0.2, 0.25) is 0 Å². The van der Waals surface area contributed by atoms with Crippen LogP contribution in [0.3, 0.4) is 0 Å². The second kappa shape index (κ2) is 4.99. The van der Waals surface area contributed by atoms with Crippen molar-refractivity contribution in [3.8, 4) is 6.07 Å². The van der Waals surface area contributed by atoms with Crippen molar-refractivity contribution in [1.82, 2.24) is 9.55 Å². The van der Waals surface area contributed by atoms with Crippen molar-refractivity contribution < 1.29 is 0 Å². The number of nitrogens with zero attached hydrogens (tertiary/aromatic N) is 4. The molecule has 0 aliphatic carbocycles. The van der Waals surface area contributed by atoms with E-state index < -0.39 is 0 Å². The molecule has 3 rings (SSSR count). The summed E-state index contributed by atoms with van der Waals surface area (Å²) < 4.78 is 2.02. The van der Waals surface area contributed by atoms with E-state index in [1.165, 1.54) is 5.69 Å². The van der Waals surface area contributed by atoms with Crippen LogP contribution in [0.4, 0.5) is 5.69 Å². The highest BCUT2D eigenvalue weighted by atomic mass is 15.2. The molecule has 1 aromatic carbocycles. The van der Waals surface area contributed by atoms with Gasteiger partial charge in [-0.1, -0.05) is 0 Å². The van der Waals surface area contributed by atoms with Crippen LogP contribution < -0.4 is 10.6 Å². The van der Waals surface area contributed by atoms with Gasteiger partial charge in [-0.3, -0.25) is 0 Å². The maximum absolute atomic E-state index is 9.01. The predicted octanol–water partition coefficient (Wildman–Crippen LogP) is 1.18. The molecule has 5 heteroatoms. The minimum absolute atomic E-state index is 0.102. The molecule has 2 heterocycles. The maximum atomic E-state index is 9.01. The van der Waals surface area contributed by atoms with Crippen LogP contribution in [0.2, 0.25) is 0 Å². The number of nitrogens with two attached hydrogens (primary N) is 1. The summed E-state index contributed by atoms with van der Waals surface area (Å²) in [4.78, 5) is 6.42. The number of hydrogen-bond donors (Lipinski definition) is 1. The number of aromatic nitrogens is 2. The molecular formula is C15H17N5. The minimum atomic E-state index is 0.102. The summed E-state index contributed by atoms with van der Waals surface area (Å²) in [5, 5.41) is 9.01. The van der Waals surface area contributed by atoms with Gasteiger partial charge in [0.25, 0.3) is 0 Å². The molecule has 0 spiro atoms. The van der Waals surface area contributed by atoms with Gasteiger partial charge >= 0.3 is 0 Å². The van der Waals surface area contributed by atoms with Crippen molar-refractivity contribution in [2.75, 3.05) is 11.4 Å². The quantitative estimate of drug-likeness (QED) is 0.887. The van der Waals surface area contributed by atoms with E-state index in [1.54, 1.807) is 6.33 Å². The highest BCUT2D eigenvalue weighted by Gasteiger charge is 2.23. The summed E-state index contributed by atoms with van der Waals surface area (Å²) >= 11 is 0. The van der Waals surface area contributed by atoms with Gasteiger partial charge in [-0.2, -0.15) is 5.26 Å². The number of rotatable bonds is 2. The second-order valence-electron chi connectivity index (χ2n) is 5.30. The molecular weight excluding hydrogens is 250 g/mol. The Bertz CT molecular complexity index is 667. The molecule has 0 saturated carbocycles. The highest BCUT2D eigenvalue weighted by Crippen LogP contribution is 2.28. The molecule has 1 aliphatic rings. The van der Waals surface area contributed by atoms with Gasteiger partial charge in [-0.15, -0.1) is 0 Å². The average Bonchev–Trinajstić information content (AvgIpc) is 2.83. The summed E-state index contributed by atoms with van der Waals surface area (Å²) in [7, 11) is 1.99. The summed E-state index contributed by atoms with van der Waals surface area (Å²) in [6.07, 6.45) is 4.51. The molecule has 2 aromatic rings. The van der Waals surface area contributed by atoms with Crippen molar-refractivity contribution in [3.05, 3.63) is 47.5 Å². The average molecular weight is 267 g/mol. The zero-order valence-corrected chi connectivity index (χ0v) is 11.5. The van der Waals surface area contributed by atoms with Crippen LogP contribution in [-0.2, 0) is 20.0 Å². The molecule has 0 amide bonds. The first-order valence-electron chi connectivity index (χ1n) is 6.66. The number of aryl methyl sites for hydroxylation is 1. The molecule has 2 N–H and O–H groups in total. The fourth-order valence-electron chi connectivity index (χ4n) is 2.74. The van der Waals surface area contributed by atoms with E-state index in [9.17, 15) is 0 Å². The first-order valence-corrected chi connectivity index (χ1v) is 6.66. The first kappa shape index (κ1) is 12.7. The van der Waals surface area contributed by atoms with Gasteiger partial charge in [0, 0.05) is 31.5 Å². The maximum Gasteiger partial charge on any atom is 0.0991 e. The van der Waals surface area contributed by atoms with Crippen LogP contribution in [0.5, 0.6) is 0 Å².